The molecule has 4 saturated heterocycles. The molecule has 1 aromatic carbocycles. The minimum Gasteiger partial charge on any atom is -0.508 e. The predicted octanol–water partition coefficient (Wildman–Crippen LogP) is -1.25. The van der Waals surface area contributed by atoms with Crippen LogP contribution in [0.5, 0.6) is 5.75 Å². The Morgan fingerprint density at radius 1 is 0.564 bits per heavy atom. The van der Waals surface area contributed by atoms with Gasteiger partial charge in [0.25, 0.3) is 5.91 Å². The van der Waals surface area contributed by atoms with E-state index in [0.717, 1.165) is 56.9 Å². The third-order valence-electron chi connectivity index (χ3n) is 25.6. The average Bonchev–Trinajstić information content (AvgIpc) is 1.27. The Balaban J connectivity index is 0.000000490. The lowest BCUT2D eigenvalue weighted by Crippen LogP contribution is -2.64. The van der Waals surface area contributed by atoms with Crippen molar-refractivity contribution in [1.82, 2.24) is 63.0 Å². The van der Waals surface area contributed by atoms with Crippen LogP contribution in [0.15, 0.2) is 48.7 Å². The molecule has 45 nitrogen and oxygen atoms in total. The number of thioether (sulfide) groups is 1. The fourth-order valence-corrected chi connectivity index (χ4v) is 19.5. The number of phenols is 1. The van der Waals surface area contributed by atoms with E-state index in [9.17, 15) is 128 Å². The lowest BCUT2D eigenvalue weighted by atomic mass is 9.80. The molecule has 21 unspecified atom stereocenters. The van der Waals surface area contributed by atoms with Crippen molar-refractivity contribution in [3.63, 3.8) is 0 Å². The molecule has 0 bridgehead atoms. The molecule has 794 valence electrons. The number of unbranched alkanes of at least 4 members (excludes halogenated alkanes) is 12. The highest BCUT2D eigenvalue weighted by molar-refractivity contribution is 8.00. The molecule has 6 fully saturated rings. The van der Waals surface area contributed by atoms with Crippen molar-refractivity contribution in [2.24, 2.45) is 17.8 Å². The zero-order valence-electron chi connectivity index (χ0n) is 80.5. The van der Waals surface area contributed by atoms with Gasteiger partial charge in [-0.25, -0.2) is 4.57 Å². The number of aliphatic hydroxyl groups excluding tert-OH is 10. The van der Waals surface area contributed by atoms with Crippen molar-refractivity contribution >= 4 is 90.3 Å². The molecule has 0 radical (unpaired) electrons. The molecule has 0 aromatic heterocycles. The Morgan fingerprint density at radius 2 is 1.01 bits per heavy atom. The van der Waals surface area contributed by atoms with Crippen LogP contribution in [0, 0.1) is 17.8 Å². The molecule has 11 amide bonds. The summed E-state index contributed by atoms with van der Waals surface area (Å²) < 4.78 is 70.5. The average molecular weight is 2030 g/mol. The van der Waals surface area contributed by atoms with Crippen molar-refractivity contribution in [2.75, 3.05) is 91.8 Å². The normalized spacial score (nSPS) is 28.0. The number of phenolic OH excluding ortho intramolecular Hbond substituents is 1. The number of carbonyl (C=O) groups excluding carboxylic acids is 12. The number of ether oxygens (including phenoxy) is 6. The van der Waals surface area contributed by atoms with E-state index in [1.54, 1.807) is 26.1 Å². The molecule has 2 saturated carbocycles. The van der Waals surface area contributed by atoms with Crippen LogP contribution in [0.25, 0.3) is 0 Å². The van der Waals surface area contributed by atoms with Gasteiger partial charge in [-0.15, -0.1) is 11.8 Å². The highest BCUT2D eigenvalue weighted by Crippen LogP contribution is 2.46. The monoisotopic (exact) mass is 2030 g/mol. The maximum absolute atomic E-state index is 13.9. The number of Topliss-reactive ketones (excluding diaryl/α,β-unsaturated/α-hetero) is 1. The van der Waals surface area contributed by atoms with Gasteiger partial charge in [0.05, 0.1) is 50.4 Å². The van der Waals surface area contributed by atoms with Gasteiger partial charge in [0.15, 0.2) is 18.9 Å². The Labute approximate surface area is 819 Å². The van der Waals surface area contributed by atoms with E-state index in [-0.39, 0.29) is 150 Å². The largest absolute Gasteiger partial charge is 0.508 e. The van der Waals surface area contributed by atoms with Crippen LogP contribution >= 0.6 is 19.6 Å². The zero-order valence-corrected chi connectivity index (χ0v) is 82.2. The molecule has 0 spiro atoms. The molecule has 1 aromatic rings. The fourth-order valence-electron chi connectivity index (χ4n) is 17.5. The van der Waals surface area contributed by atoms with Crippen LogP contribution in [0.3, 0.4) is 0 Å². The van der Waals surface area contributed by atoms with Crippen molar-refractivity contribution in [2.45, 2.75) is 335 Å². The number of amides is 11. The van der Waals surface area contributed by atoms with Crippen molar-refractivity contribution in [1.29, 1.82) is 0 Å². The van der Waals surface area contributed by atoms with E-state index in [4.69, 9.17) is 37.5 Å². The topological polar surface area (TPSA) is 665 Å². The number of phosphoric acid groups is 1. The number of hydrogen-bond donors (Lipinski definition) is 22. The first-order valence-corrected chi connectivity index (χ1v) is 51.1. The molecule has 5 heterocycles. The number of hydrogen-bond acceptors (Lipinski definition) is 35. The quantitative estimate of drug-likeness (QED) is 0.0206. The first-order valence-electron chi connectivity index (χ1n) is 48.6. The maximum Gasteiger partial charge on any atom is 0.472 e. The number of ketones is 1. The van der Waals surface area contributed by atoms with E-state index in [0.29, 0.717) is 102 Å². The number of aliphatic hydroxyl groups is 10. The van der Waals surface area contributed by atoms with E-state index < -0.39 is 209 Å². The summed E-state index contributed by atoms with van der Waals surface area (Å²) in [4.78, 5) is 165. The maximum atomic E-state index is 13.9. The van der Waals surface area contributed by atoms with Crippen LogP contribution < -0.4 is 53.2 Å². The van der Waals surface area contributed by atoms with Crippen LogP contribution in [0.2, 0.25) is 0 Å². The molecule has 140 heavy (non-hydrogen) atoms. The second-order valence-electron chi connectivity index (χ2n) is 36.5. The summed E-state index contributed by atoms with van der Waals surface area (Å²) in [6.45, 7) is 8.56. The van der Waals surface area contributed by atoms with Gasteiger partial charge in [0.1, 0.15) is 102 Å². The fraction of sp³-hybridized carbons (Fsp3) is 0.761. The van der Waals surface area contributed by atoms with Crippen molar-refractivity contribution < 1.29 is 165 Å². The summed E-state index contributed by atoms with van der Waals surface area (Å²) in [5, 5.41) is 138. The van der Waals surface area contributed by atoms with E-state index >= 15 is 0 Å². The van der Waals surface area contributed by atoms with Gasteiger partial charge in [-0.2, -0.15) is 4.39 Å². The lowest BCUT2D eigenvalue weighted by molar-refractivity contribution is -0.270. The highest BCUT2D eigenvalue weighted by Gasteiger charge is 2.50. The molecule has 23 atom stereocenters. The van der Waals surface area contributed by atoms with E-state index in [1.807, 2.05) is 0 Å². The molecule has 7 aliphatic rings. The summed E-state index contributed by atoms with van der Waals surface area (Å²) >= 11 is 1.50. The van der Waals surface area contributed by atoms with E-state index in [1.165, 1.54) is 54.5 Å². The molecular formula is C92H150FN12O33PS. The number of likely N-dealkylation sites (N-methyl/N-ethyl adjacent to an activating group) is 1. The Bertz CT molecular complexity index is 4170. The molecule has 22 N–H and O–H groups in total. The Morgan fingerprint density at radius 3 is 1.48 bits per heavy atom. The summed E-state index contributed by atoms with van der Waals surface area (Å²) in [5.74, 6) is -5.25. The standard InChI is InChI=1S/C62H105N9O24.C30H45FN3O9PS/c1-35(75)67-48-54(84)51(81)43(32-72)93-60(48)90-28-14-8-5-11-25-64-46(79)23-21-40(57(87)65-26-12-6-9-15-29-91-61-49(68-36(2)76)55(85)52(82)44(33-73)94-61)70-47(80)24-22-41(71-59(89)42(63-4)31-38-17-19-39(78)20-18-38)58(88)66-27-13-7-10-16-30-92-62-50(69-37(3)77)56(86)53(83)45(34-74)95-62;1-19(35)22-9-7-21(8-10-22)16-34-28(37)15-27(30(34)39)45-12-6-4-3-5-11-42-44(40,41)43-18-23-13-24(14-26(23)36)33-17-25(31)29(38)32-20(33)2/h17-20,40-45,48-56,60-63,72-74,78,81-86H,5-16,21-34H2,1-4H3,(H,64,79)(H,65,87)(H,66,88)(H,67,75)(H,68,76)(H,69,77)(H,70,80)(H,71,89);17,21-24,26-27,36H,2-16,18H2,1H3,(H,32,38)(H,40,41)/t;21?,22?,23-,24-,26?,27?/m.1/s1. The number of carbonyl (C=O) groups is 12. The second-order valence-corrected chi connectivity index (χ2v) is 39.3. The summed E-state index contributed by atoms with van der Waals surface area (Å²) in [6.07, 6.45) is -2.12. The number of nitrogens with one attached hydrogen (secondary N) is 10. The highest BCUT2D eigenvalue weighted by atomic mass is 32.2. The summed E-state index contributed by atoms with van der Waals surface area (Å²) in [5.41, 5.74) is 0.705. The molecule has 8 rings (SSSR count). The minimum atomic E-state index is -4.33. The Hall–Kier alpha value is -7.95. The summed E-state index contributed by atoms with van der Waals surface area (Å²) in [7, 11) is -2.77. The minimum absolute atomic E-state index is 0.0209. The van der Waals surface area contributed by atoms with Gasteiger partial charge in [-0.3, -0.25) is 71.5 Å². The van der Waals surface area contributed by atoms with Crippen molar-refractivity contribution in [3.05, 3.63) is 54.3 Å². The predicted molar refractivity (Wildman–Crippen MR) is 500 cm³/mol. The first kappa shape index (κ1) is 119. The third kappa shape index (κ3) is 39.9. The number of likely N-dealkylation sites (tertiary alicyclic amines) is 1. The van der Waals surface area contributed by atoms with Gasteiger partial charge in [-0.1, -0.05) is 70.1 Å². The zero-order chi connectivity index (χ0) is 103. The number of nitrogens with zero attached hydrogens (tertiary/aromatic N) is 2. The van der Waals surface area contributed by atoms with Crippen LogP contribution in [-0.2, 0) is 106 Å². The van der Waals surface area contributed by atoms with Gasteiger partial charge >= 0.3 is 7.82 Å². The molecule has 5 aliphatic heterocycles. The third-order valence-corrected chi connectivity index (χ3v) is 27.9. The number of benzene rings is 1. The number of phosphoric ester groups is 1. The van der Waals surface area contributed by atoms with Crippen LogP contribution in [0.4, 0.5) is 4.39 Å². The second kappa shape index (κ2) is 62.0. The number of rotatable bonds is 60. The summed E-state index contributed by atoms with van der Waals surface area (Å²) in [6, 6.07) is -0.668. The Kier molecular flexibility index (Phi) is 52.7. The first-order chi connectivity index (χ1) is 66.8. The van der Waals surface area contributed by atoms with Gasteiger partial charge in [-0.05, 0) is 152 Å². The smallest absolute Gasteiger partial charge is 0.472 e. The van der Waals surface area contributed by atoms with Crippen molar-refractivity contribution in [3.8, 4) is 5.75 Å². The van der Waals surface area contributed by atoms with E-state index in [2.05, 4.69) is 59.7 Å². The number of aromatic hydroxyl groups is 1. The SMILES string of the molecule is C=C1NC(=O)C(F)=CN1[C@H]1CC(O)[C@@H](COP(=O)(O)OCCCCCCSC2CC(=O)N(CC3CCC(C(C)=O)CC3)C2=O)C1.CNC(Cc1ccc(O)cc1)C(=O)NC(CCC(=O)NC(CCC(=O)NCCCCCCOC1OC(CO)C(O)C(O)C1NC(C)=O)C(=O)NCCCCCCOC1OC(CO)C(O)C(O)C1NC(C)=O)C(=O)NCCCCCCOC1OC(CO)C(O)C(O)C1NC(C)=O. The van der Waals surface area contributed by atoms with Crippen LogP contribution in [-0.4, -0.2) is 361 Å². The molecule has 2 aliphatic carbocycles. The lowest BCUT2D eigenvalue weighted by Gasteiger charge is -2.42. The van der Waals surface area contributed by atoms with Gasteiger partial charge in [0, 0.05) is 110 Å². The molecule has 48 heteroatoms. The van der Waals surface area contributed by atoms with Gasteiger partial charge < -0.3 is 148 Å². The number of imide groups is 1. The van der Waals surface area contributed by atoms with Crippen LogP contribution in [0.1, 0.15) is 207 Å². The molecular weight excluding hydrogens is 1880 g/mol. The number of halogens is 1. The van der Waals surface area contributed by atoms with Gasteiger partial charge in [0.2, 0.25) is 64.9 Å².